The lowest BCUT2D eigenvalue weighted by molar-refractivity contribution is 0.453. The fraction of sp³-hybridized carbons (Fsp3) is 0.818. The number of hydrogen-bond acceptors (Lipinski definition) is 1. The van der Waals surface area contributed by atoms with Gasteiger partial charge in [0.25, 0.3) is 0 Å². The Morgan fingerprint density at radius 1 is 1.25 bits per heavy atom. The molecule has 0 saturated carbocycles. The van der Waals surface area contributed by atoms with Gasteiger partial charge >= 0.3 is 0 Å². The first kappa shape index (κ1) is 11.5. The lowest BCUT2D eigenvalue weighted by atomic mass is 10.1. The average Bonchev–Trinajstić information content (AvgIpc) is 2.10. The lowest BCUT2D eigenvalue weighted by Gasteiger charge is -2.15. The first-order valence-corrected chi connectivity index (χ1v) is 5.02. The van der Waals surface area contributed by atoms with Gasteiger partial charge in [-0.2, -0.15) is 0 Å². The van der Waals surface area contributed by atoms with E-state index in [0.717, 1.165) is 19.4 Å². The highest BCUT2D eigenvalue weighted by molar-refractivity contribution is 4.85. The Morgan fingerprint density at radius 2 is 2.00 bits per heavy atom. The van der Waals surface area contributed by atoms with Crippen molar-refractivity contribution in [2.75, 3.05) is 6.54 Å². The molecular weight excluding hydrogens is 146 g/mol. The molecule has 0 rings (SSSR count). The summed E-state index contributed by atoms with van der Waals surface area (Å²) in [4.78, 5) is 0. The number of nitrogens with one attached hydrogen (secondary N) is 1. The van der Waals surface area contributed by atoms with Gasteiger partial charge in [0.1, 0.15) is 0 Å². The minimum Gasteiger partial charge on any atom is -0.314 e. The van der Waals surface area contributed by atoms with E-state index in [-0.39, 0.29) is 0 Å². The molecule has 1 unspecified atom stereocenters. The van der Waals surface area contributed by atoms with Gasteiger partial charge in [0.15, 0.2) is 0 Å². The van der Waals surface area contributed by atoms with E-state index >= 15 is 0 Å². The maximum atomic E-state index is 5.22. The van der Waals surface area contributed by atoms with Crippen molar-refractivity contribution in [1.29, 1.82) is 0 Å². The molecule has 0 fully saturated rings. The molecule has 1 heteroatoms. The number of rotatable bonds is 7. The standard InChI is InChI=1S/C11H21N/c1-4-7-9-11(8-5-2)12-10-6-3/h1,11-12H,5-10H2,2-3H3. The van der Waals surface area contributed by atoms with Crippen LogP contribution >= 0.6 is 0 Å². The Hall–Kier alpha value is -0.480. The highest BCUT2D eigenvalue weighted by Crippen LogP contribution is 2.03. The van der Waals surface area contributed by atoms with E-state index in [4.69, 9.17) is 6.42 Å². The van der Waals surface area contributed by atoms with Gasteiger partial charge in [0.05, 0.1) is 0 Å². The smallest absolute Gasteiger partial charge is 0.0101 e. The average molecular weight is 167 g/mol. The van der Waals surface area contributed by atoms with Crippen LogP contribution in [0.3, 0.4) is 0 Å². The molecule has 0 aromatic rings. The molecule has 0 aromatic heterocycles. The maximum absolute atomic E-state index is 5.22. The van der Waals surface area contributed by atoms with Crippen LogP contribution in [0.5, 0.6) is 0 Å². The predicted octanol–water partition coefficient (Wildman–Crippen LogP) is 2.57. The van der Waals surface area contributed by atoms with Crippen molar-refractivity contribution in [3.8, 4) is 12.3 Å². The maximum Gasteiger partial charge on any atom is 0.0101 e. The molecule has 0 spiro atoms. The van der Waals surface area contributed by atoms with Crippen molar-refractivity contribution in [3.05, 3.63) is 0 Å². The van der Waals surface area contributed by atoms with Crippen LogP contribution in [-0.4, -0.2) is 12.6 Å². The molecule has 0 radical (unpaired) electrons. The molecule has 0 aliphatic heterocycles. The van der Waals surface area contributed by atoms with E-state index in [0.29, 0.717) is 6.04 Å². The SMILES string of the molecule is C#CCCC(CCC)NCCC. The molecule has 0 aliphatic carbocycles. The molecule has 1 N–H and O–H groups in total. The zero-order valence-corrected chi connectivity index (χ0v) is 8.40. The first-order chi connectivity index (χ1) is 5.85. The summed E-state index contributed by atoms with van der Waals surface area (Å²) in [5.74, 6) is 2.69. The predicted molar refractivity (Wildman–Crippen MR) is 55.1 cm³/mol. The van der Waals surface area contributed by atoms with Gasteiger partial charge in [-0.05, 0) is 25.8 Å². The monoisotopic (exact) mass is 167 g/mol. The van der Waals surface area contributed by atoms with E-state index in [9.17, 15) is 0 Å². The van der Waals surface area contributed by atoms with E-state index in [2.05, 4.69) is 25.1 Å². The second-order valence-corrected chi connectivity index (χ2v) is 3.18. The zero-order chi connectivity index (χ0) is 9.23. The van der Waals surface area contributed by atoms with Gasteiger partial charge in [-0.3, -0.25) is 0 Å². The van der Waals surface area contributed by atoms with Crippen molar-refractivity contribution < 1.29 is 0 Å². The number of terminal acetylenes is 1. The molecular formula is C11H21N. The molecule has 0 aromatic carbocycles. The van der Waals surface area contributed by atoms with Crippen molar-refractivity contribution in [2.45, 2.75) is 52.0 Å². The summed E-state index contributed by atoms with van der Waals surface area (Å²) < 4.78 is 0. The Balaban J connectivity index is 3.48. The van der Waals surface area contributed by atoms with Crippen LogP contribution in [0, 0.1) is 12.3 Å². The molecule has 1 nitrogen and oxygen atoms in total. The van der Waals surface area contributed by atoms with Gasteiger partial charge in [-0.15, -0.1) is 12.3 Å². The van der Waals surface area contributed by atoms with Crippen molar-refractivity contribution in [1.82, 2.24) is 5.32 Å². The van der Waals surface area contributed by atoms with Crippen LogP contribution in [0.15, 0.2) is 0 Å². The third-order valence-corrected chi connectivity index (χ3v) is 1.96. The van der Waals surface area contributed by atoms with Gasteiger partial charge in [-0.1, -0.05) is 20.3 Å². The highest BCUT2D eigenvalue weighted by Gasteiger charge is 2.03. The molecule has 12 heavy (non-hydrogen) atoms. The Labute approximate surface area is 76.9 Å². The van der Waals surface area contributed by atoms with Crippen LogP contribution in [-0.2, 0) is 0 Å². The third-order valence-electron chi connectivity index (χ3n) is 1.96. The molecule has 0 saturated heterocycles. The fourth-order valence-electron chi connectivity index (χ4n) is 1.30. The topological polar surface area (TPSA) is 12.0 Å². The first-order valence-electron chi connectivity index (χ1n) is 5.02. The van der Waals surface area contributed by atoms with E-state index in [1.807, 2.05) is 0 Å². The Bertz CT molecular complexity index is 123. The molecule has 0 amide bonds. The minimum absolute atomic E-state index is 0.644. The highest BCUT2D eigenvalue weighted by atomic mass is 14.9. The van der Waals surface area contributed by atoms with E-state index < -0.39 is 0 Å². The normalized spacial score (nSPS) is 12.4. The molecule has 0 aliphatic rings. The van der Waals surface area contributed by atoms with Crippen LogP contribution in [0.1, 0.15) is 46.0 Å². The van der Waals surface area contributed by atoms with Crippen LogP contribution in [0.4, 0.5) is 0 Å². The summed E-state index contributed by atoms with van der Waals surface area (Å²) in [6, 6.07) is 0.644. The quantitative estimate of drug-likeness (QED) is 0.575. The van der Waals surface area contributed by atoms with Crippen molar-refractivity contribution in [2.24, 2.45) is 0 Å². The Morgan fingerprint density at radius 3 is 2.50 bits per heavy atom. The lowest BCUT2D eigenvalue weighted by Crippen LogP contribution is -2.29. The third kappa shape index (κ3) is 6.24. The van der Waals surface area contributed by atoms with Crippen molar-refractivity contribution in [3.63, 3.8) is 0 Å². The van der Waals surface area contributed by atoms with Crippen LogP contribution in [0.2, 0.25) is 0 Å². The van der Waals surface area contributed by atoms with Gasteiger partial charge in [0.2, 0.25) is 0 Å². The van der Waals surface area contributed by atoms with E-state index in [1.165, 1.54) is 19.3 Å². The molecule has 0 heterocycles. The van der Waals surface area contributed by atoms with Crippen molar-refractivity contribution >= 4 is 0 Å². The summed E-state index contributed by atoms with van der Waals surface area (Å²) in [6.45, 7) is 5.53. The summed E-state index contributed by atoms with van der Waals surface area (Å²) in [6.07, 6.45) is 11.0. The summed E-state index contributed by atoms with van der Waals surface area (Å²) in [5.41, 5.74) is 0. The Kier molecular flexibility index (Phi) is 8.27. The fourth-order valence-corrected chi connectivity index (χ4v) is 1.30. The zero-order valence-electron chi connectivity index (χ0n) is 8.40. The van der Waals surface area contributed by atoms with E-state index in [1.54, 1.807) is 0 Å². The van der Waals surface area contributed by atoms with Crippen LogP contribution in [0.25, 0.3) is 0 Å². The van der Waals surface area contributed by atoms with Gasteiger partial charge in [0, 0.05) is 12.5 Å². The molecule has 1 atom stereocenters. The second-order valence-electron chi connectivity index (χ2n) is 3.18. The second kappa shape index (κ2) is 8.62. The molecule has 0 bridgehead atoms. The molecule has 70 valence electrons. The summed E-state index contributed by atoms with van der Waals surface area (Å²) in [7, 11) is 0. The number of hydrogen-bond donors (Lipinski definition) is 1. The van der Waals surface area contributed by atoms with Crippen LogP contribution < -0.4 is 5.32 Å². The minimum atomic E-state index is 0.644. The largest absolute Gasteiger partial charge is 0.314 e. The van der Waals surface area contributed by atoms with Gasteiger partial charge in [-0.25, -0.2) is 0 Å². The summed E-state index contributed by atoms with van der Waals surface area (Å²) >= 11 is 0. The van der Waals surface area contributed by atoms with Gasteiger partial charge < -0.3 is 5.32 Å². The summed E-state index contributed by atoms with van der Waals surface area (Å²) in [5, 5.41) is 3.51.